The van der Waals surface area contributed by atoms with Gasteiger partial charge >= 0.3 is 0 Å². The zero-order valence-electron chi connectivity index (χ0n) is 19.4. The first-order valence-corrected chi connectivity index (χ1v) is 12.0. The van der Waals surface area contributed by atoms with Gasteiger partial charge in [0.05, 0.1) is 11.8 Å². The lowest BCUT2D eigenvalue weighted by Crippen LogP contribution is -2.41. The molecule has 5 rings (SSSR count). The van der Waals surface area contributed by atoms with Crippen LogP contribution in [0.25, 0.3) is 21.5 Å². The third-order valence-corrected chi connectivity index (χ3v) is 7.63. The molecule has 0 spiro atoms. The van der Waals surface area contributed by atoms with E-state index in [4.69, 9.17) is 0 Å². The molecule has 0 fully saturated rings. The third-order valence-electron chi connectivity index (χ3n) is 7.63. The number of hydrogen-bond acceptors (Lipinski definition) is 2. The average molecular weight is 423 g/mol. The number of allylic oxidation sites excluding steroid dienone is 4. The molecule has 3 aromatic carbocycles. The molecule has 162 valence electrons. The fourth-order valence-corrected chi connectivity index (χ4v) is 6.27. The Kier molecular flexibility index (Phi) is 5.12. The smallest absolute Gasteiger partial charge is 0.171 e. The van der Waals surface area contributed by atoms with E-state index in [1.807, 2.05) is 24.3 Å². The highest BCUT2D eigenvalue weighted by Gasteiger charge is 2.47. The molecule has 0 amide bonds. The van der Waals surface area contributed by atoms with Crippen molar-refractivity contribution in [2.24, 2.45) is 11.8 Å². The monoisotopic (exact) mass is 422 g/mol. The summed E-state index contributed by atoms with van der Waals surface area (Å²) in [5, 5.41) is 4.35. The molecular weight excluding hydrogens is 392 g/mol. The molecule has 0 radical (unpaired) electrons. The molecule has 0 saturated heterocycles. The number of carbonyl (C=O) groups is 2. The number of Topliss-reactive ketones (excluding diaryl/α,β-unsaturated/α-hetero) is 2. The Hall–Kier alpha value is -3.00. The summed E-state index contributed by atoms with van der Waals surface area (Å²) in [4.78, 5) is 28.0. The summed E-state index contributed by atoms with van der Waals surface area (Å²) in [6, 6.07) is 16.5. The molecular formula is C30H30O2. The summed E-state index contributed by atoms with van der Waals surface area (Å²) in [6.07, 6.45) is 3.46. The lowest BCUT2D eigenvalue weighted by Gasteiger charge is -2.40. The number of rotatable bonds is 4. The molecule has 2 atom stereocenters. The summed E-state index contributed by atoms with van der Waals surface area (Å²) in [7, 11) is 0. The minimum Gasteiger partial charge on any atom is -0.293 e. The maximum atomic E-state index is 14.0. The van der Waals surface area contributed by atoms with Crippen LogP contribution in [0.1, 0.15) is 74.1 Å². The quantitative estimate of drug-likeness (QED) is 0.401. The molecule has 3 aromatic rings. The van der Waals surface area contributed by atoms with Crippen molar-refractivity contribution in [3.8, 4) is 0 Å². The molecule has 0 heterocycles. The summed E-state index contributed by atoms with van der Waals surface area (Å²) in [5.41, 5.74) is 6.24. The van der Waals surface area contributed by atoms with Crippen LogP contribution in [0.3, 0.4) is 0 Å². The molecule has 0 bridgehead atoms. The number of ketones is 2. The fourth-order valence-electron chi connectivity index (χ4n) is 6.27. The summed E-state index contributed by atoms with van der Waals surface area (Å²) < 4.78 is 0. The highest BCUT2D eigenvalue weighted by Crippen LogP contribution is 2.49. The lowest BCUT2D eigenvalue weighted by molar-refractivity contribution is 0.0779. The van der Waals surface area contributed by atoms with E-state index < -0.39 is 0 Å². The summed E-state index contributed by atoms with van der Waals surface area (Å²) in [6.45, 7) is 8.62. The van der Waals surface area contributed by atoms with Crippen LogP contribution < -0.4 is 0 Å². The van der Waals surface area contributed by atoms with Crippen molar-refractivity contribution in [3.05, 3.63) is 82.0 Å². The van der Waals surface area contributed by atoms with Gasteiger partial charge in [-0.1, -0.05) is 63.1 Å². The van der Waals surface area contributed by atoms with E-state index in [9.17, 15) is 9.59 Å². The number of hydrogen-bond donors (Lipinski definition) is 0. The van der Waals surface area contributed by atoms with Crippen molar-refractivity contribution >= 4 is 33.1 Å². The molecule has 0 aliphatic heterocycles. The number of fused-ring (bicyclic) bond motifs is 4. The van der Waals surface area contributed by atoms with E-state index >= 15 is 0 Å². The molecule has 2 nitrogen and oxygen atoms in total. The lowest BCUT2D eigenvalue weighted by atomic mass is 9.61. The van der Waals surface area contributed by atoms with Gasteiger partial charge in [-0.05, 0) is 82.6 Å². The maximum absolute atomic E-state index is 14.0. The highest BCUT2D eigenvalue weighted by molar-refractivity contribution is 6.20. The minimum absolute atomic E-state index is 0.128. The number of benzene rings is 3. The molecule has 0 saturated carbocycles. The molecule has 2 aliphatic rings. The minimum atomic E-state index is -0.335. The van der Waals surface area contributed by atoms with Crippen molar-refractivity contribution < 1.29 is 9.59 Å². The van der Waals surface area contributed by atoms with Crippen LogP contribution in [-0.2, 0) is 0 Å². The van der Waals surface area contributed by atoms with E-state index in [0.29, 0.717) is 11.1 Å². The Morgan fingerprint density at radius 2 is 0.969 bits per heavy atom. The van der Waals surface area contributed by atoms with Gasteiger partial charge in [0, 0.05) is 11.1 Å². The maximum Gasteiger partial charge on any atom is 0.171 e. The van der Waals surface area contributed by atoms with Crippen LogP contribution in [0.15, 0.2) is 70.8 Å². The molecule has 2 unspecified atom stereocenters. The van der Waals surface area contributed by atoms with Crippen molar-refractivity contribution in [1.82, 2.24) is 0 Å². The first-order valence-electron chi connectivity index (χ1n) is 12.0. The van der Waals surface area contributed by atoms with Gasteiger partial charge in [0.2, 0.25) is 0 Å². The molecule has 2 heteroatoms. The van der Waals surface area contributed by atoms with E-state index in [2.05, 4.69) is 52.0 Å². The first-order chi connectivity index (χ1) is 15.5. The summed E-state index contributed by atoms with van der Waals surface area (Å²) in [5.74, 6) is -0.414. The predicted molar refractivity (Wildman–Crippen MR) is 132 cm³/mol. The summed E-state index contributed by atoms with van der Waals surface area (Å²) >= 11 is 0. The van der Waals surface area contributed by atoms with Gasteiger partial charge < -0.3 is 0 Å². The van der Waals surface area contributed by atoms with Gasteiger partial charge in [0.25, 0.3) is 0 Å². The first kappa shape index (κ1) is 20.9. The standard InChI is InChI=1S/C30H30O2/c1-5-21-22(6-2)24(8-4)28-27(23(21)7-3)29(31)25-15-19-13-17-11-9-10-12-18(17)14-20(19)16-26(25)30(28)32/h9-16,27-28H,5-8H2,1-4H3. The SMILES string of the molecule is CCC1=C(CC)C2C(=O)c3cc4cc5ccccc5cc4cc3C(=O)C2C(CC)=C1CC. The van der Waals surface area contributed by atoms with Crippen molar-refractivity contribution in [2.75, 3.05) is 0 Å². The second-order valence-electron chi connectivity index (χ2n) is 9.05. The normalized spacial score (nSPS) is 20.9. The molecule has 0 aromatic heterocycles. The van der Waals surface area contributed by atoms with Crippen LogP contribution in [-0.4, -0.2) is 11.6 Å². The largest absolute Gasteiger partial charge is 0.293 e. The topological polar surface area (TPSA) is 34.1 Å². The van der Waals surface area contributed by atoms with Crippen LogP contribution >= 0.6 is 0 Å². The Morgan fingerprint density at radius 1 is 0.562 bits per heavy atom. The molecule has 2 aliphatic carbocycles. The van der Waals surface area contributed by atoms with Crippen molar-refractivity contribution in [2.45, 2.75) is 53.4 Å². The van der Waals surface area contributed by atoms with E-state index in [-0.39, 0.29) is 23.4 Å². The van der Waals surface area contributed by atoms with E-state index in [1.54, 1.807) is 0 Å². The second-order valence-corrected chi connectivity index (χ2v) is 9.05. The molecule has 32 heavy (non-hydrogen) atoms. The zero-order valence-corrected chi connectivity index (χ0v) is 19.4. The number of carbonyl (C=O) groups excluding carboxylic acids is 2. The van der Waals surface area contributed by atoms with Crippen LogP contribution in [0.5, 0.6) is 0 Å². The van der Waals surface area contributed by atoms with Gasteiger partial charge in [-0.2, -0.15) is 0 Å². The highest BCUT2D eigenvalue weighted by atomic mass is 16.1. The van der Waals surface area contributed by atoms with Crippen LogP contribution in [0.2, 0.25) is 0 Å². The van der Waals surface area contributed by atoms with Gasteiger partial charge in [0.15, 0.2) is 11.6 Å². The van der Waals surface area contributed by atoms with Crippen LogP contribution in [0.4, 0.5) is 0 Å². The van der Waals surface area contributed by atoms with Crippen molar-refractivity contribution in [3.63, 3.8) is 0 Å². The Labute approximate surface area is 190 Å². The zero-order chi connectivity index (χ0) is 22.6. The van der Waals surface area contributed by atoms with E-state index in [1.165, 1.54) is 22.3 Å². The predicted octanol–water partition coefficient (Wildman–Crippen LogP) is 7.85. The van der Waals surface area contributed by atoms with E-state index in [0.717, 1.165) is 47.2 Å². The fraction of sp³-hybridized carbons (Fsp3) is 0.333. The Morgan fingerprint density at radius 3 is 1.31 bits per heavy atom. The Bertz CT molecular complexity index is 1250. The average Bonchev–Trinajstić information content (AvgIpc) is 2.82. The molecule has 0 N–H and O–H groups in total. The van der Waals surface area contributed by atoms with Gasteiger partial charge in [-0.3, -0.25) is 9.59 Å². The van der Waals surface area contributed by atoms with Gasteiger partial charge in [-0.25, -0.2) is 0 Å². The van der Waals surface area contributed by atoms with Gasteiger partial charge in [0.1, 0.15) is 0 Å². The second kappa shape index (κ2) is 7.85. The van der Waals surface area contributed by atoms with Crippen LogP contribution in [0, 0.1) is 11.8 Å². The van der Waals surface area contributed by atoms with Gasteiger partial charge in [-0.15, -0.1) is 0 Å². The third kappa shape index (κ3) is 2.85. The Balaban J connectivity index is 1.78. The van der Waals surface area contributed by atoms with Crippen molar-refractivity contribution in [1.29, 1.82) is 0 Å².